The molecule has 0 aromatic heterocycles. The Kier molecular flexibility index (Phi) is 7.81. The third-order valence-corrected chi connectivity index (χ3v) is 9.06. The molecule has 1 N–H and O–H groups in total. The average Bonchev–Trinajstić information content (AvgIpc) is 2.77. The van der Waals surface area contributed by atoms with Crippen LogP contribution in [0.3, 0.4) is 0 Å². The van der Waals surface area contributed by atoms with Crippen molar-refractivity contribution in [3.63, 3.8) is 0 Å². The fourth-order valence-electron chi connectivity index (χ4n) is 3.83. The molecule has 0 saturated carbocycles. The number of nitrogens with one attached hydrogen (secondary N) is 1. The first-order valence-corrected chi connectivity index (χ1v) is 13.5. The summed E-state index contributed by atoms with van der Waals surface area (Å²) in [6.07, 6.45) is 2.82. The van der Waals surface area contributed by atoms with Crippen LogP contribution in [0.4, 0.5) is 0 Å². The molecule has 32 heavy (non-hydrogen) atoms. The molecule has 0 amide bonds. The molecular weight excluding hydrogens is 452 g/mol. The summed E-state index contributed by atoms with van der Waals surface area (Å²) >= 11 is 0. The molecule has 2 aromatic rings. The molecule has 0 radical (unpaired) electrons. The van der Waals surface area contributed by atoms with Crippen molar-refractivity contribution in [3.8, 4) is 11.5 Å². The number of benzene rings is 2. The van der Waals surface area contributed by atoms with Crippen LogP contribution in [-0.2, 0) is 20.0 Å². The Labute approximate surface area is 190 Å². The summed E-state index contributed by atoms with van der Waals surface area (Å²) in [6.45, 7) is 4.72. The average molecular weight is 483 g/mol. The number of nitrogens with zero attached hydrogens (tertiary/aromatic N) is 1. The SMILES string of the molecule is COc1cc(C)c(S(=O)(=O)NCCOc2ccc(S(=O)(=O)N3CCCCC3)cc2)c(C)c1. The van der Waals surface area contributed by atoms with E-state index in [9.17, 15) is 16.8 Å². The van der Waals surface area contributed by atoms with Gasteiger partial charge in [-0.1, -0.05) is 6.42 Å². The first kappa shape index (κ1) is 24.5. The molecule has 8 nitrogen and oxygen atoms in total. The van der Waals surface area contributed by atoms with Gasteiger partial charge in [0.25, 0.3) is 0 Å². The van der Waals surface area contributed by atoms with Crippen molar-refractivity contribution in [2.45, 2.75) is 42.9 Å². The van der Waals surface area contributed by atoms with E-state index in [0.29, 0.717) is 35.7 Å². The van der Waals surface area contributed by atoms with Gasteiger partial charge >= 0.3 is 0 Å². The van der Waals surface area contributed by atoms with Crippen LogP contribution in [0.25, 0.3) is 0 Å². The van der Waals surface area contributed by atoms with Gasteiger partial charge in [0.1, 0.15) is 18.1 Å². The zero-order valence-corrected chi connectivity index (χ0v) is 20.3. The van der Waals surface area contributed by atoms with E-state index in [1.807, 2.05) is 0 Å². The Morgan fingerprint density at radius 2 is 1.50 bits per heavy atom. The predicted octanol–water partition coefficient (Wildman–Crippen LogP) is 2.84. The molecule has 1 fully saturated rings. The van der Waals surface area contributed by atoms with E-state index in [2.05, 4.69) is 4.72 Å². The van der Waals surface area contributed by atoms with Gasteiger partial charge in [-0.3, -0.25) is 0 Å². The van der Waals surface area contributed by atoms with Crippen LogP contribution in [0.1, 0.15) is 30.4 Å². The maximum absolute atomic E-state index is 12.7. The van der Waals surface area contributed by atoms with Crippen molar-refractivity contribution in [3.05, 3.63) is 47.5 Å². The number of ether oxygens (including phenoxy) is 2. The van der Waals surface area contributed by atoms with E-state index in [1.54, 1.807) is 38.1 Å². The van der Waals surface area contributed by atoms with E-state index >= 15 is 0 Å². The number of piperidine rings is 1. The van der Waals surface area contributed by atoms with Gasteiger partial charge in [-0.2, -0.15) is 4.31 Å². The summed E-state index contributed by atoms with van der Waals surface area (Å²) in [7, 11) is -5.66. The molecule has 0 atom stereocenters. The van der Waals surface area contributed by atoms with E-state index in [-0.39, 0.29) is 22.9 Å². The third kappa shape index (κ3) is 5.61. The lowest BCUT2D eigenvalue weighted by molar-refractivity contribution is 0.322. The molecule has 1 aliphatic heterocycles. The fraction of sp³-hybridized carbons (Fsp3) is 0.455. The first-order valence-electron chi connectivity index (χ1n) is 10.5. The number of aryl methyl sites for hydroxylation is 2. The minimum absolute atomic E-state index is 0.0705. The molecule has 2 aromatic carbocycles. The second-order valence-electron chi connectivity index (χ2n) is 7.77. The smallest absolute Gasteiger partial charge is 0.243 e. The van der Waals surface area contributed by atoms with E-state index in [4.69, 9.17) is 9.47 Å². The van der Waals surface area contributed by atoms with Gasteiger partial charge < -0.3 is 9.47 Å². The second kappa shape index (κ2) is 10.2. The highest BCUT2D eigenvalue weighted by Crippen LogP contribution is 2.26. The first-order chi connectivity index (χ1) is 15.1. The molecule has 1 aliphatic rings. The highest BCUT2D eigenvalue weighted by atomic mass is 32.2. The van der Waals surface area contributed by atoms with Crippen molar-refractivity contribution in [1.82, 2.24) is 9.03 Å². The van der Waals surface area contributed by atoms with Crippen molar-refractivity contribution < 1.29 is 26.3 Å². The van der Waals surface area contributed by atoms with Crippen LogP contribution >= 0.6 is 0 Å². The quantitative estimate of drug-likeness (QED) is 0.552. The Hall–Kier alpha value is -2.14. The molecule has 1 heterocycles. The molecule has 176 valence electrons. The largest absolute Gasteiger partial charge is 0.497 e. The number of methoxy groups -OCH3 is 1. The Balaban J connectivity index is 1.57. The standard InChI is InChI=1S/C22H30N2O6S2/c1-17-15-20(29-3)16-18(2)22(17)31(25,26)23-11-14-30-19-7-9-21(10-8-19)32(27,28)24-12-5-4-6-13-24/h7-10,15-16,23H,4-6,11-14H2,1-3H3. The lowest BCUT2D eigenvalue weighted by Crippen LogP contribution is -2.35. The molecule has 0 spiro atoms. The second-order valence-corrected chi connectivity index (χ2v) is 11.4. The summed E-state index contributed by atoms with van der Waals surface area (Å²) < 4.78 is 65.7. The summed E-state index contributed by atoms with van der Waals surface area (Å²) in [5, 5.41) is 0. The van der Waals surface area contributed by atoms with Crippen molar-refractivity contribution in [2.24, 2.45) is 0 Å². The van der Waals surface area contributed by atoms with Crippen LogP contribution < -0.4 is 14.2 Å². The lowest BCUT2D eigenvalue weighted by Gasteiger charge is -2.25. The molecule has 0 unspecified atom stereocenters. The predicted molar refractivity (Wildman–Crippen MR) is 122 cm³/mol. The van der Waals surface area contributed by atoms with Gasteiger partial charge in [0.05, 0.1) is 16.9 Å². The van der Waals surface area contributed by atoms with E-state index in [1.165, 1.54) is 23.5 Å². The molecule has 10 heteroatoms. The molecule has 3 rings (SSSR count). The van der Waals surface area contributed by atoms with E-state index in [0.717, 1.165) is 19.3 Å². The monoisotopic (exact) mass is 482 g/mol. The van der Waals surface area contributed by atoms with Crippen LogP contribution in [-0.4, -0.2) is 54.5 Å². The summed E-state index contributed by atoms with van der Waals surface area (Å²) in [5.41, 5.74) is 1.20. The van der Waals surface area contributed by atoms with Crippen LogP contribution in [0.15, 0.2) is 46.2 Å². The molecule has 0 aliphatic carbocycles. The van der Waals surface area contributed by atoms with Gasteiger partial charge in [-0.05, 0) is 74.2 Å². The summed E-state index contributed by atoms with van der Waals surface area (Å²) in [6, 6.07) is 9.57. The molecule has 1 saturated heterocycles. The van der Waals surface area contributed by atoms with Crippen molar-refractivity contribution in [2.75, 3.05) is 33.4 Å². The number of rotatable bonds is 9. The number of hydrogen-bond acceptors (Lipinski definition) is 6. The zero-order valence-electron chi connectivity index (χ0n) is 18.6. The van der Waals surface area contributed by atoms with Crippen molar-refractivity contribution in [1.29, 1.82) is 0 Å². The maximum Gasteiger partial charge on any atom is 0.243 e. The highest BCUT2D eigenvalue weighted by Gasteiger charge is 2.25. The third-order valence-electron chi connectivity index (χ3n) is 5.38. The van der Waals surface area contributed by atoms with Gasteiger partial charge in [0.15, 0.2) is 0 Å². The maximum atomic E-state index is 12.7. The van der Waals surface area contributed by atoms with Crippen LogP contribution in [0.2, 0.25) is 0 Å². The number of sulfonamides is 2. The topological polar surface area (TPSA) is 102 Å². The van der Waals surface area contributed by atoms with Gasteiger partial charge in [-0.15, -0.1) is 0 Å². The number of hydrogen-bond donors (Lipinski definition) is 1. The summed E-state index contributed by atoms with van der Waals surface area (Å²) in [4.78, 5) is 0.462. The minimum Gasteiger partial charge on any atom is -0.497 e. The van der Waals surface area contributed by atoms with Crippen molar-refractivity contribution >= 4 is 20.0 Å². The Morgan fingerprint density at radius 1 is 0.906 bits per heavy atom. The van der Waals surface area contributed by atoms with Gasteiger partial charge in [0.2, 0.25) is 20.0 Å². The van der Waals surface area contributed by atoms with Crippen LogP contribution in [0.5, 0.6) is 11.5 Å². The normalized spacial score (nSPS) is 15.5. The van der Waals surface area contributed by atoms with Gasteiger partial charge in [0, 0.05) is 19.6 Å². The zero-order chi connectivity index (χ0) is 23.4. The fourth-order valence-corrected chi connectivity index (χ4v) is 6.81. The molecular formula is C22H30N2O6S2. The molecule has 0 bridgehead atoms. The lowest BCUT2D eigenvalue weighted by atomic mass is 10.1. The highest BCUT2D eigenvalue weighted by molar-refractivity contribution is 7.89. The van der Waals surface area contributed by atoms with Gasteiger partial charge in [-0.25, -0.2) is 21.6 Å². The van der Waals surface area contributed by atoms with E-state index < -0.39 is 20.0 Å². The minimum atomic E-state index is -3.71. The Morgan fingerprint density at radius 3 is 2.06 bits per heavy atom. The summed E-state index contributed by atoms with van der Waals surface area (Å²) in [5.74, 6) is 1.08. The Bertz CT molecular complexity index is 1120. The van der Waals surface area contributed by atoms with Crippen LogP contribution in [0, 0.1) is 13.8 Å².